The van der Waals surface area contributed by atoms with E-state index in [0.717, 1.165) is 0 Å². The summed E-state index contributed by atoms with van der Waals surface area (Å²) in [6, 6.07) is 3.44. The zero-order valence-corrected chi connectivity index (χ0v) is 12.2. The van der Waals surface area contributed by atoms with Crippen molar-refractivity contribution in [2.45, 2.75) is 0 Å². The maximum atomic E-state index is 12.1. The van der Waals surface area contributed by atoms with Crippen molar-refractivity contribution in [3.63, 3.8) is 0 Å². The van der Waals surface area contributed by atoms with Crippen LogP contribution in [-0.4, -0.2) is 35.7 Å². The fraction of sp³-hybridized carbons (Fsp3) is 0.167. The van der Waals surface area contributed by atoms with Crippen molar-refractivity contribution in [3.05, 3.63) is 28.2 Å². The molecule has 1 saturated heterocycles. The summed E-state index contributed by atoms with van der Waals surface area (Å²) in [7, 11) is 1.17. The smallest absolute Gasteiger partial charge is 0.324 e. The maximum absolute atomic E-state index is 12.1. The molecule has 0 aliphatic carbocycles. The lowest BCUT2D eigenvalue weighted by atomic mass is 10.0. The molecule has 2 N–H and O–H groups in total. The van der Waals surface area contributed by atoms with Gasteiger partial charge in [0, 0.05) is 12.1 Å². The maximum Gasteiger partial charge on any atom is 0.330 e. The first-order valence-electron chi connectivity index (χ1n) is 5.69. The molecule has 0 aromatic heterocycles. The minimum Gasteiger partial charge on any atom is -0.324 e. The zero-order valence-electron chi connectivity index (χ0n) is 10.6. The molecule has 1 aliphatic heterocycles. The fourth-order valence-corrected chi connectivity index (χ4v) is 2.15. The molecule has 21 heavy (non-hydrogen) atoms. The van der Waals surface area contributed by atoms with Crippen molar-refractivity contribution < 1.29 is 19.2 Å². The van der Waals surface area contributed by atoms with Crippen LogP contribution in [0.4, 0.5) is 10.5 Å². The summed E-state index contributed by atoms with van der Waals surface area (Å²) in [5.41, 5.74) is 0.200. The number of rotatable bonds is 2. The predicted molar refractivity (Wildman–Crippen MR) is 74.9 cm³/mol. The van der Waals surface area contributed by atoms with Gasteiger partial charge in [0.2, 0.25) is 11.8 Å². The lowest BCUT2D eigenvalue weighted by molar-refractivity contribution is -0.145. The second-order valence-corrected chi connectivity index (χ2v) is 5.08. The molecule has 1 heterocycles. The molecule has 0 radical (unpaired) electrons. The molecular weight excluding hydrogens is 321 g/mol. The van der Waals surface area contributed by atoms with Crippen LogP contribution in [0.2, 0.25) is 10.0 Å². The van der Waals surface area contributed by atoms with Crippen molar-refractivity contribution in [1.29, 1.82) is 0 Å². The Balaban J connectivity index is 2.21. The number of imide groups is 2. The van der Waals surface area contributed by atoms with Crippen molar-refractivity contribution in [3.8, 4) is 0 Å². The number of nitrogens with zero attached hydrogens (tertiary/aromatic N) is 1. The lowest BCUT2D eigenvalue weighted by Gasteiger charge is -2.26. The number of anilines is 1. The highest BCUT2D eigenvalue weighted by Crippen LogP contribution is 2.26. The Morgan fingerprint density at radius 3 is 2.57 bits per heavy atom. The van der Waals surface area contributed by atoms with Crippen molar-refractivity contribution in [2.75, 3.05) is 12.4 Å². The van der Waals surface area contributed by atoms with E-state index < -0.39 is 29.7 Å². The quantitative estimate of drug-likeness (QED) is 0.798. The van der Waals surface area contributed by atoms with Crippen LogP contribution in [0.15, 0.2) is 18.2 Å². The topological polar surface area (TPSA) is 95.6 Å². The second kappa shape index (κ2) is 5.71. The van der Waals surface area contributed by atoms with Gasteiger partial charge >= 0.3 is 6.03 Å². The van der Waals surface area contributed by atoms with Crippen LogP contribution in [0, 0.1) is 5.92 Å². The van der Waals surface area contributed by atoms with Gasteiger partial charge in [-0.3, -0.25) is 24.6 Å². The predicted octanol–water partition coefficient (Wildman–Crippen LogP) is 1.26. The summed E-state index contributed by atoms with van der Waals surface area (Å²) in [4.78, 5) is 47.4. The number of halogens is 2. The molecule has 5 amide bonds. The summed E-state index contributed by atoms with van der Waals surface area (Å²) < 4.78 is 0. The van der Waals surface area contributed by atoms with Crippen LogP contribution in [0.5, 0.6) is 0 Å². The molecule has 2 rings (SSSR count). The van der Waals surface area contributed by atoms with Gasteiger partial charge in [-0.25, -0.2) is 4.79 Å². The van der Waals surface area contributed by atoms with Crippen LogP contribution in [0.25, 0.3) is 0 Å². The van der Waals surface area contributed by atoms with E-state index in [4.69, 9.17) is 23.2 Å². The average molecular weight is 330 g/mol. The second-order valence-electron chi connectivity index (χ2n) is 4.24. The summed E-state index contributed by atoms with van der Waals surface area (Å²) in [6.07, 6.45) is 0. The van der Waals surface area contributed by atoms with Crippen molar-refractivity contribution >= 4 is 52.6 Å². The van der Waals surface area contributed by atoms with E-state index in [1.165, 1.54) is 25.2 Å². The molecule has 0 spiro atoms. The highest BCUT2D eigenvalue weighted by atomic mass is 35.5. The van der Waals surface area contributed by atoms with E-state index in [2.05, 4.69) is 5.32 Å². The van der Waals surface area contributed by atoms with Crippen LogP contribution < -0.4 is 10.6 Å². The highest BCUT2D eigenvalue weighted by molar-refractivity contribution is 6.37. The Morgan fingerprint density at radius 2 is 1.95 bits per heavy atom. The molecule has 9 heteroatoms. The number of hydrogen-bond donors (Lipinski definition) is 2. The number of urea groups is 1. The Hall–Kier alpha value is -2.12. The van der Waals surface area contributed by atoms with E-state index in [0.29, 0.717) is 9.92 Å². The fourth-order valence-electron chi connectivity index (χ4n) is 1.69. The van der Waals surface area contributed by atoms with E-state index in [-0.39, 0.29) is 10.7 Å². The number of amides is 5. The molecule has 1 fully saturated rings. The monoisotopic (exact) mass is 329 g/mol. The first-order valence-corrected chi connectivity index (χ1v) is 6.45. The third kappa shape index (κ3) is 2.98. The van der Waals surface area contributed by atoms with Gasteiger partial charge in [0.05, 0.1) is 10.7 Å². The first kappa shape index (κ1) is 15.3. The summed E-state index contributed by atoms with van der Waals surface area (Å²) in [5.74, 6) is -4.43. The van der Waals surface area contributed by atoms with Crippen LogP contribution in [0.1, 0.15) is 0 Å². The van der Waals surface area contributed by atoms with E-state index in [1.807, 2.05) is 5.32 Å². The van der Waals surface area contributed by atoms with Crippen LogP contribution in [-0.2, 0) is 14.4 Å². The Bertz CT molecular complexity index is 662. The number of carbonyl (C=O) groups excluding carboxylic acids is 4. The SMILES string of the molecule is CN1C(=O)NC(=O)C(C(=O)Nc2ccc(Cl)cc2Cl)C1=O. The number of nitrogens with one attached hydrogen (secondary N) is 2. The summed E-state index contributed by atoms with van der Waals surface area (Å²) in [6.45, 7) is 0. The van der Waals surface area contributed by atoms with Gasteiger partial charge in [0.25, 0.3) is 5.91 Å². The van der Waals surface area contributed by atoms with E-state index >= 15 is 0 Å². The third-order valence-corrected chi connectivity index (χ3v) is 3.37. The van der Waals surface area contributed by atoms with Gasteiger partial charge in [0.1, 0.15) is 0 Å². The summed E-state index contributed by atoms with van der Waals surface area (Å²) >= 11 is 11.6. The van der Waals surface area contributed by atoms with Crippen LogP contribution in [0.3, 0.4) is 0 Å². The van der Waals surface area contributed by atoms with Gasteiger partial charge in [-0.15, -0.1) is 0 Å². The molecule has 7 nitrogen and oxygen atoms in total. The Morgan fingerprint density at radius 1 is 1.29 bits per heavy atom. The van der Waals surface area contributed by atoms with Crippen molar-refractivity contribution in [2.24, 2.45) is 5.92 Å². The number of barbiturate groups is 1. The molecule has 1 unspecified atom stereocenters. The van der Waals surface area contributed by atoms with E-state index in [9.17, 15) is 19.2 Å². The van der Waals surface area contributed by atoms with Crippen LogP contribution >= 0.6 is 23.2 Å². The largest absolute Gasteiger partial charge is 0.330 e. The first-order chi connectivity index (χ1) is 9.81. The standard InChI is InChI=1S/C12H9Cl2N3O4/c1-17-11(20)8(10(19)16-12(17)21)9(18)15-7-3-2-5(13)4-6(7)14/h2-4,8H,1H3,(H,15,18)(H,16,19,21). The summed E-state index contributed by atoms with van der Waals surface area (Å²) in [5, 5.41) is 4.79. The highest BCUT2D eigenvalue weighted by Gasteiger charge is 2.43. The zero-order chi connectivity index (χ0) is 15.7. The van der Waals surface area contributed by atoms with Gasteiger partial charge in [0.15, 0.2) is 5.92 Å². The van der Waals surface area contributed by atoms with E-state index in [1.54, 1.807) is 0 Å². The number of benzene rings is 1. The molecule has 0 bridgehead atoms. The molecule has 110 valence electrons. The van der Waals surface area contributed by atoms with Gasteiger partial charge in [-0.05, 0) is 18.2 Å². The van der Waals surface area contributed by atoms with Crippen molar-refractivity contribution in [1.82, 2.24) is 10.2 Å². The number of carbonyl (C=O) groups is 4. The number of hydrogen-bond acceptors (Lipinski definition) is 4. The minimum atomic E-state index is -1.65. The molecule has 0 saturated carbocycles. The molecule has 1 aliphatic rings. The molecular formula is C12H9Cl2N3O4. The Kier molecular flexibility index (Phi) is 4.15. The third-order valence-electron chi connectivity index (χ3n) is 2.83. The van der Waals surface area contributed by atoms with Gasteiger partial charge in [-0.2, -0.15) is 0 Å². The average Bonchev–Trinajstić information content (AvgIpc) is 2.39. The molecule has 1 aromatic rings. The minimum absolute atomic E-state index is 0.156. The normalized spacial score (nSPS) is 18.5. The Labute approximate surface area is 129 Å². The molecule has 1 aromatic carbocycles. The van der Waals surface area contributed by atoms with Gasteiger partial charge < -0.3 is 5.32 Å². The lowest BCUT2D eigenvalue weighted by Crippen LogP contribution is -2.59. The van der Waals surface area contributed by atoms with Gasteiger partial charge in [-0.1, -0.05) is 23.2 Å². The molecule has 1 atom stereocenters.